The fraction of sp³-hybridized carbons (Fsp3) is 0.500. The van der Waals surface area contributed by atoms with Gasteiger partial charge in [0.05, 0.1) is 26.1 Å². The van der Waals surface area contributed by atoms with Crippen LogP contribution in [0.4, 0.5) is 0 Å². The molecule has 24 heavy (non-hydrogen) atoms. The third-order valence-corrected chi connectivity index (χ3v) is 3.49. The number of hydrogen-bond acceptors (Lipinski definition) is 4. The average Bonchev–Trinajstić information content (AvgIpc) is 2.56. The molecule has 0 amide bonds. The molecule has 0 rings (SSSR count). The van der Waals surface area contributed by atoms with Crippen LogP contribution < -0.4 is 0 Å². The summed E-state index contributed by atoms with van der Waals surface area (Å²) in [5.41, 5.74) is 0. The molecule has 0 aromatic rings. The van der Waals surface area contributed by atoms with Crippen LogP contribution in [0.25, 0.3) is 0 Å². The van der Waals surface area contributed by atoms with E-state index in [9.17, 15) is 9.59 Å². The van der Waals surface area contributed by atoms with Crippen LogP contribution in [-0.4, -0.2) is 25.2 Å². The maximum absolute atomic E-state index is 11.7. The fourth-order valence-corrected chi connectivity index (χ4v) is 2.18. The Labute approximate surface area is 145 Å². The standard InChI is InChI=1S/C20H30O4/c1-5-9-17(10-6-2)15-23-19(21)13-14-20(22)24-16-18(11-7-3)12-8-4/h5-8,17-18H,1-4,9-16H2. The molecule has 0 spiro atoms. The first kappa shape index (κ1) is 21.9. The van der Waals surface area contributed by atoms with Crippen molar-refractivity contribution in [2.45, 2.75) is 38.5 Å². The van der Waals surface area contributed by atoms with E-state index in [1.165, 1.54) is 0 Å². The van der Waals surface area contributed by atoms with Crippen molar-refractivity contribution in [3.8, 4) is 0 Å². The predicted molar refractivity (Wildman–Crippen MR) is 97.4 cm³/mol. The predicted octanol–water partition coefficient (Wildman–Crippen LogP) is 4.39. The normalized spacial score (nSPS) is 10.2. The van der Waals surface area contributed by atoms with Crippen molar-refractivity contribution in [2.24, 2.45) is 11.8 Å². The second-order valence-electron chi connectivity index (χ2n) is 5.70. The molecule has 4 nitrogen and oxygen atoms in total. The summed E-state index contributed by atoms with van der Waals surface area (Å²) in [7, 11) is 0. The van der Waals surface area contributed by atoms with Crippen LogP contribution >= 0.6 is 0 Å². The maximum atomic E-state index is 11.7. The first-order valence-electron chi connectivity index (χ1n) is 8.32. The Balaban J connectivity index is 4.01. The highest BCUT2D eigenvalue weighted by atomic mass is 16.5. The second-order valence-corrected chi connectivity index (χ2v) is 5.70. The van der Waals surface area contributed by atoms with Gasteiger partial charge in [-0.05, 0) is 37.5 Å². The van der Waals surface area contributed by atoms with E-state index in [0.717, 1.165) is 25.7 Å². The lowest BCUT2D eigenvalue weighted by Gasteiger charge is -2.14. The summed E-state index contributed by atoms with van der Waals surface area (Å²) in [6.07, 6.45) is 10.3. The van der Waals surface area contributed by atoms with E-state index in [2.05, 4.69) is 26.3 Å². The molecule has 0 aromatic heterocycles. The summed E-state index contributed by atoms with van der Waals surface area (Å²) in [5, 5.41) is 0. The molecule has 0 atom stereocenters. The van der Waals surface area contributed by atoms with Gasteiger partial charge in [-0.25, -0.2) is 0 Å². The number of ether oxygens (including phenoxy) is 2. The van der Waals surface area contributed by atoms with Crippen molar-refractivity contribution in [3.63, 3.8) is 0 Å². The average molecular weight is 334 g/mol. The van der Waals surface area contributed by atoms with Crippen molar-refractivity contribution in [1.29, 1.82) is 0 Å². The van der Waals surface area contributed by atoms with Gasteiger partial charge in [0, 0.05) is 0 Å². The van der Waals surface area contributed by atoms with Crippen LogP contribution in [-0.2, 0) is 19.1 Å². The Kier molecular flexibility index (Phi) is 13.2. The lowest BCUT2D eigenvalue weighted by molar-refractivity contribution is -0.151. The second kappa shape index (κ2) is 14.5. The molecule has 0 bridgehead atoms. The Hall–Kier alpha value is -2.10. The highest BCUT2D eigenvalue weighted by Gasteiger charge is 2.14. The molecule has 4 heteroatoms. The van der Waals surface area contributed by atoms with Gasteiger partial charge in [-0.1, -0.05) is 24.3 Å². The van der Waals surface area contributed by atoms with Gasteiger partial charge >= 0.3 is 11.9 Å². The van der Waals surface area contributed by atoms with Gasteiger partial charge in [-0.3, -0.25) is 9.59 Å². The van der Waals surface area contributed by atoms with Crippen LogP contribution in [0.5, 0.6) is 0 Å². The third-order valence-electron chi connectivity index (χ3n) is 3.49. The molecule has 0 unspecified atom stereocenters. The molecule has 0 radical (unpaired) electrons. The van der Waals surface area contributed by atoms with Gasteiger partial charge in [-0.15, -0.1) is 26.3 Å². The molecule has 0 saturated carbocycles. The van der Waals surface area contributed by atoms with E-state index in [1.807, 2.05) is 0 Å². The van der Waals surface area contributed by atoms with Crippen LogP contribution in [0, 0.1) is 11.8 Å². The summed E-state index contributed by atoms with van der Waals surface area (Å²) in [5.74, 6) is -0.401. The number of carbonyl (C=O) groups is 2. The summed E-state index contributed by atoms with van der Waals surface area (Å²) >= 11 is 0. The Morgan fingerprint density at radius 2 is 0.958 bits per heavy atom. The van der Waals surface area contributed by atoms with Crippen molar-refractivity contribution >= 4 is 11.9 Å². The maximum Gasteiger partial charge on any atom is 0.306 e. The summed E-state index contributed by atoms with van der Waals surface area (Å²) in [6.45, 7) is 15.4. The molecule has 0 N–H and O–H groups in total. The molecule has 0 aliphatic rings. The Morgan fingerprint density at radius 1 is 0.667 bits per heavy atom. The Bertz CT molecular complexity index is 365. The van der Waals surface area contributed by atoms with Gasteiger partial charge < -0.3 is 9.47 Å². The minimum absolute atomic E-state index is 0.0291. The molecule has 0 aliphatic carbocycles. The first-order valence-corrected chi connectivity index (χ1v) is 8.32. The van der Waals surface area contributed by atoms with Crippen LogP contribution in [0.3, 0.4) is 0 Å². The lowest BCUT2D eigenvalue weighted by atomic mass is 10.0. The zero-order valence-corrected chi connectivity index (χ0v) is 14.6. The van der Waals surface area contributed by atoms with E-state index in [4.69, 9.17) is 9.47 Å². The molecular formula is C20H30O4. The lowest BCUT2D eigenvalue weighted by Crippen LogP contribution is -2.17. The monoisotopic (exact) mass is 334 g/mol. The fourth-order valence-electron chi connectivity index (χ4n) is 2.18. The highest BCUT2D eigenvalue weighted by Crippen LogP contribution is 2.12. The van der Waals surface area contributed by atoms with Gasteiger partial charge in [0.25, 0.3) is 0 Å². The van der Waals surface area contributed by atoms with Crippen molar-refractivity contribution in [1.82, 2.24) is 0 Å². The van der Waals surface area contributed by atoms with Gasteiger partial charge in [-0.2, -0.15) is 0 Å². The SMILES string of the molecule is C=CCC(CC=C)COC(=O)CCC(=O)OCC(CC=C)CC=C. The zero-order valence-electron chi connectivity index (χ0n) is 14.6. The number of esters is 2. The molecule has 0 fully saturated rings. The molecular weight excluding hydrogens is 304 g/mol. The number of allylic oxidation sites excluding steroid dienone is 4. The quantitative estimate of drug-likeness (QED) is 0.329. The highest BCUT2D eigenvalue weighted by molar-refractivity contribution is 5.77. The van der Waals surface area contributed by atoms with Gasteiger partial charge in [0.1, 0.15) is 0 Å². The molecule has 0 aliphatic heterocycles. The van der Waals surface area contributed by atoms with Crippen LogP contribution in [0.2, 0.25) is 0 Å². The zero-order chi connectivity index (χ0) is 18.2. The van der Waals surface area contributed by atoms with Crippen molar-refractivity contribution in [2.75, 3.05) is 13.2 Å². The molecule has 134 valence electrons. The summed E-state index contributed by atoms with van der Waals surface area (Å²) in [6, 6.07) is 0. The molecule has 0 aromatic carbocycles. The number of carbonyl (C=O) groups excluding carboxylic acids is 2. The smallest absolute Gasteiger partial charge is 0.306 e. The van der Waals surface area contributed by atoms with E-state index in [0.29, 0.717) is 13.2 Å². The summed E-state index contributed by atoms with van der Waals surface area (Å²) < 4.78 is 10.4. The topological polar surface area (TPSA) is 52.6 Å². The minimum Gasteiger partial charge on any atom is -0.465 e. The molecule has 0 heterocycles. The van der Waals surface area contributed by atoms with E-state index in [-0.39, 0.29) is 36.6 Å². The van der Waals surface area contributed by atoms with Gasteiger partial charge in [0.2, 0.25) is 0 Å². The van der Waals surface area contributed by atoms with Crippen molar-refractivity contribution in [3.05, 3.63) is 50.6 Å². The van der Waals surface area contributed by atoms with E-state index >= 15 is 0 Å². The van der Waals surface area contributed by atoms with Crippen molar-refractivity contribution < 1.29 is 19.1 Å². The van der Waals surface area contributed by atoms with E-state index < -0.39 is 0 Å². The van der Waals surface area contributed by atoms with Gasteiger partial charge in [0.15, 0.2) is 0 Å². The Morgan fingerprint density at radius 3 is 1.21 bits per heavy atom. The van der Waals surface area contributed by atoms with Crippen LogP contribution in [0.1, 0.15) is 38.5 Å². The first-order chi connectivity index (χ1) is 11.6. The minimum atomic E-state index is -0.390. The number of hydrogen-bond donors (Lipinski definition) is 0. The molecule has 0 saturated heterocycles. The number of rotatable bonds is 15. The summed E-state index contributed by atoms with van der Waals surface area (Å²) in [4.78, 5) is 23.4. The van der Waals surface area contributed by atoms with E-state index in [1.54, 1.807) is 24.3 Å². The van der Waals surface area contributed by atoms with Crippen LogP contribution in [0.15, 0.2) is 50.6 Å². The largest absolute Gasteiger partial charge is 0.465 e. The third kappa shape index (κ3) is 11.5.